The highest BCUT2D eigenvalue weighted by molar-refractivity contribution is 14.0. The fourth-order valence-electron chi connectivity index (χ4n) is 3.38. The zero-order chi connectivity index (χ0) is 16.3. The summed E-state index contributed by atoms with van der Waals surface area (Å²) in [6.45, 7) is 12.7. The van der Waals surface area contributed by atoms with Gasteiger partial charge in [-0.3, -0.25) is 9.89 Å². The lowest BCUT2D eigenvalue weighted by Gasteiger charge is -2.30. The van der Waals surface area contributed by atoms with Gasteiger partial charge in [-0.2, -0.15) is 0 Å². The Morgan fingerprint density at radius 3 is 2.67 bits per heavy atom. The van der Waals surface area contributed by atoms with Gasteiger partial charge in [-0.25, -0.2) is 0 Å². The summed E-state index contributed by atoms with van der Waals surface area (Å²) in [7, 11) is 0. The molecule has 0 bridgehead atoms. The average molecular weight is 453 g/mol. The van der Waals surface area contributed by atoms with Gasteiger partial charge in [-0.1, -0.05) is 6.92 Å². The molecule has 24 heavy (non-hydrogen) atoms. The molecule has 0 aromatic rings. The second-order valence-electron chi connectivity index (χ2n) is 6.90. The molecule has 0 aromatic heterocycles. The molecule has 2 saturated heterocycles. The first-order valence-electron chi connectivity index (χ1n) is 9.30. The van der Waals surface area contributed by atoms with E-state index >= 15 is 0 Å². The van der Waals surface area contributed by atoms with Gasteiger partial charge in [0.05, 0.1) is 13.2 Å². The number of piperidine rings is 1. The molecule has 142 valence electrons. The van der Waals surface area contributed by atoms with E-state index < -0.39 is 0 Å². The van der Waals surface area contributed by atoms with Crippen molar-refractivity contribution in [2.24, 2.45) is 16.6 Å². The van der Waals surface area contributed by atoms with E-state index in [0.717, 1.165) is 71.2 Å². The van der Waals surface area contributed by atoms with Crippen LogP contribution in [0, 0.1) is 5.92 Å². The quantitative estimate of drug-likeness (QED) is 0.252. The van der Waals surface area contributed by atoms with Gasteiger partial charge in [0.2, 0.25) is 0 Å². The zero-order valence-corrected chi connectivity index (χ0v) is 17.5. The number of likely N-dealkylation sites (tertiary alicyclic amines) is 1. The van der Waals surface area contributed by atoms with Crippen LogP contribution in [0.4, 0.5) is 0 Å². The summed E-state index contributed by atoms with van der Waals surface area (Å²) in [6.07, 6.45) is 4.93. The summed E-state index contributed by atoms with van der Waals surface area (Å²) in [5.74, 6) is 1.45. The number of halogens is 1. The molecule has 0 amide bonds. The lowest BCUT2D eigenvalue weighted by molar-refractivity contribution is 0.0376. The summed E-state index contributed by atoms with van der Waals surface area (Å²) in [5.41, 5.74) is 5.93. The summed E-state index contributed by atoms with van der Waals surface area (Å²) >= 11 is 0. The van der Waals surface area contributed by atoms with Crippen molar-refractivity contribution in [3.05, 3.63) is 0 Å². The third-order valence-electron chi connectivity index (χ3n) is 4.72. The number of hydrogen-bond acceptors (Lipinski definition) is 4. The first-order valence-corrected chi connectivity index (χ1v) is 9.30. The second-order valence-corrected chi connectivity index (χ2v) is 6.90. The summed E-state index contributed by atoms with van der Waals surface area (Å²) in [5, 5.41) is 3.22. The molecule has 0 aromatic carbocycles. The number of nitrogens with zero attached hydrogens (tertiary/aromatic N) is 3. The van der Waals surface area contributed by atoms with Crippen LogP contribution >= 0.6 is 24.0 Å². The maximum Gasteiger partial charge on any atom is 0.188 e. The molecule has 2 heterocycles. The Kier molecular flexibility index (Phi) is 12.0. The highest BCUT2D eigenvalue weighted by Crippen LogP contribution is 2.15. The van der Waals surface area contributed by atoms with Crippen LogP contribution in [-0.2, 0) is 4.74 Å². The number of ether oxygens (including phenoxy) is 1. The molecule has 2 aliphatic heterocycles. The molecule has 2 rings (SSSR count). The molecule has 0 radical (unpaired) electrons. The van der Waals surface area contributed by atoms with Crippen molar-refractivity contribution in [3.63, 3.8) is 0 Å². The van der Waals surface area contributed by atoms with E-state index in [1.165, 1.54) is 25.9 Å². The van der Waals surface area contributed by atoms with Crippen LogP contribution < -0.4 is 11.1 Å². The number of morpholine rings is 1. The zero-order valence-electron chi connectivity index (χ0n) is 15.2. The van der Waals surface area contributed by atoms with E-state index in [0.29, 0.717) is 5.96 Å². The minimum absolute atomic E-state index is 0. The van der Waals surface area contributed by atoms with Gasteiger partial charge in [0.25, 0.3) is 0 Å². The van der Waals surface area contributed by atoms with E-state index in [-0.39, 0.29) is 24.0 Å². The largest absolute Gasteiger partial charge is 0.379 e. The smallest absolute Gasteiger partial charge is 0.188 e. The van der Waals surface area contributed by atoms with Gasteiger partial charge in [0, 0.05) is 32.7 Å². The maximum absolute atomic E-state index is 5.93. The summed E-state index contributed by atoms with van der Waals surface area (Å²) < 4.78 is 5.35. The molecule has 7 heteroatoms. The lowest BCUT2D eigenvalue weighted by atomic mass is 10.0. The third-order valence-corrected chi connectivity index (χ3v) is 4.72. The summed E-state index contributed by atoms with van der Waals surface area (Å²) in [6, 6.07) is 0. The Morgan fingerprint density at radius 2 is 1.92 bits per heavy atom. The SMILES string of the molecule is CC1CCCN(CCCN=C(N)NCCCN2CCOCC2)C1.I. The van der Waals surface area contributed by atoms with Crippen molar-refractivity contribution < 1.29 is 4.74 Å². The van der Waals surface area contributed by atoms with Crippen LogP contribution in [0.15, 0.2) is 4.99 Å². The topological polar surface area (TPSA) is 66.1 Å². The van der Waals surface area contributed by atoms with E-state index in [1.807, 2.05) is 0 Å². The van der Waals surface area contributed by atoms with Crippen LogP contribution in [0.2, 0.25) is 0 Å². The van der Waals surface area contributed by atoms with Gasteiger partial charge >= 0.3 is 0 Å². The Hall–Kier alpha value is -0.120. The number of guanidine groups is 1. The van der Waals surface area contributed by atoms with Crippen molar-refractivity contribution in [2.45, 2.75) is 32.6 Å². The fourth-order valence-corrected chi connectivity index (χ4v) is 3.38. The first-order chi connectivity index (χ1) is 11.2. The van der Waals surface area contributed by atoms with E-state index in [9.17, 15) is 0 Å². The summed E-state index contributed by atoms with van der Waals surface area (Å²) in [4.78, 5) is 9.44. The van der Waals surface area contributed by atoms with Crippen LogP contribution in [-0.4, -0.2) is 81.3 Å². The Bertz CT molecular complexity index is 350. The van der Waals surface area contributed by atoms with Gasteiger partial charge in [-0.05, 0) is 51.2 Å². The molecule has 1 unspecified atom stereocenters. The van der Waals surface area contributed by atoms with Crippen molar-refractivity contribution in [1.29, 1.82) is 0 Å². The number of hydrogen-bond donors (Lipinski definition) is 2. The third kappa shape index (κ3) is 9.39. The molecule has 6 nitrogen and oxygen atoms in total. The standard InChI is InChI=1S/C17H35N5O.HI/c1-16-5-2-8-22(15-16)10-4-7-20-17(18)19-6-3-9-21-11-13-23-14-12-21;/h16H,2-15H2,1H3,(H3,18,19,20);1H. The van der Waals surface area contributed by atoms with E-state index in [1.54, 1.807) is 0 Å². The lowest BCUT2D eigenvalue weighted by Crippen LogP contribution is -2.39. The van der Waals surface area contributed by atoms with Crippen LogP contribution in [0.3, 0.4) is 0 Å². The molecule has 1 atom stereocenters. The molecule has 0 aliphatic carbocycles. The average Bonchev–Trinajstić information content (AvgIpc) is 2.57. The highest BCUT2D eigenvalue weighted by Gasteiger charge is 2.15. The predicted octanol–water partition coefficient (Wildman–Crippen LogP) is 1.35. The van der Waals surface area contributed by atoms with Gasteiger partial charge < -0.3 is 20.7 Å². The van der Waals surface area contributed by atoms with E-state index in [4.69, 9.17) is 10.5 Å². The van der Waals surface area contributed by atoms with Crippen molar-refractivity contribution in [1.82, 2.24) is 15.1 Å². The maximum atomic E-state index is 5.93. The van der Waals surface area contributed by atoms with Gasteiger partial charge in [0.15, 0.2) is 5.96 Å². The van der Waals surface area contributed by atoms with Crippen molar-refractivity contribution >= 4 is 29.9 Å². The molecular formula is C17H36IN5O. The van der Waals surface area contributed by atoms with Crippen molar-refractivity contribution in [2.75, 3.05) is 65.6 Å². The minimum Gasteiger partial charge on any atom is -0.379 e. The predicted molar refractivity (Wildman–Crippen MR) is 111 cm³/mol. The number of nitrogens with one attached hydrogen (secondary N) is 1. The number of aliphatic imine (C=N–C) groups is 1. The Balaban J connectivity index is 0.00000288. The highest BCUT2D eigenvalue weighted by atomic mass is 127. The Labute approximate surface area is 164 Å². The Morgan fingerprint density at radius 1 is 1.17 bits per heavy atom. The molecule has 0 saturated carbocycles. The number of nitrogens with two attached hydrogens (primary N) is 1. The molecule has 2 aliphatic rings. The monoisotopic (exact) mass is 453 g/mol. The number of rotatable bonds is 8. The molecule has 3 N–H and O–H groups in total. The van der Waals surface area contributed by atoms with Gasteiger partial charge in [0.1, 0.15) is 0 Å². The minimum atomic E-state index is 0. The fraction of sp³-hybridized carbons (Fsp3) is 0.941. The van der Waals surface area contributed by atoms with Gasteiger partial charge in [-0.15, -0.1) is 24.0 Å². The van der Waals surface area contributed by atoms with Crippen LogP contribution in [0.5, 0.6) is 0 Å². The van der Waals surface area contributed by atoms with E-state index in [2.05, 4.69) is 27.0 Å². The second kappa shape index (κ2) is 13.1. The normalized spacial score (nSPS) is 23.7. The molecule has 2 fully saturated rings. The molecule has 0 spiro atoms. The van der Waals surface area contributed by atoms with Crippen LogP contribution in [0.25, 0.3) is 0 Å². The first kappa shape index (κ1) is 21.9. The van der Waals surface area contributed by atoms with Crippen molar-refractivity contribution in [3.8, 4) is 0 Å². The van der Waals surface area contributed by atoms with Crippen LogP contribution in [0.1, 0.15) is 32.6 Å². The molecular weight excluding hydrogens is 417 g/mol.